The van der Waals surface area contributed by atoms with Gasteiger partial charge < -0.3 is 5.32 Å². The zero-order chi connectivity index (χ0) is 10.4. The van der Waals surface area contributed by atoms with Crippen LogP contribution < -0.4 is 5.32 Å². The summed E-state index contributed by atoms with van der Waals surface area (Å²) in [6.07, 6.45) is 5.47. The molecule has 0 amide bonds. The standard InChI is InChI=1S/C9H19NO3S/c1-14(11,12)13-7-3-5-9-4-2-6-10-8-9/h9-10H,2-8H2,1H3. The molecule has 1 N–H and O–H groups in total. The van der Waals surface area contributed by atoms with Crippen LogP contribution in [0.3, 0.4) is 0 Å². The van der Waals surface area contributed by atoms with Crippen LogP contribution in [0.2, 0.25) is 0 Å². The van der Waals surface area contributed by atoms with E-state index in [0.29, 0.717) is 12.5 Å². The lowest BCUT2D eigenvalue weighted by Crippen LogP contribution is -2.29. The second-order valence-electron chi connectivity index (χ2n) is 3.88. The molecule has 0 saturated carbocycles. The van der Waals surface area contributed by atoms with Gasteiger partial charge in [0.1, 0.15) is 0 Å². The van der Waals surface area contributed by atoms with E-state index in [4.69, 9.17) is 0 Å². The Balaban J connectivity index is 2.03. The fraction of sp³-hybridized carbons (Fsp3) is 1.00. The molecule has 0 aromatic heterocycles. The molecular formula is C9H19NO3S. The molecule has 1 fully saturated rings. The van der Waals surface area contributed by atoms with Crippen molar-refractivity contribution in [2.75, 3.05) is 26.0 Å². The summed E-state index contributed by atoms with van der Waals surface area (Å²) in [6.45, 7) is 2.52. The summed E-state index contributed by atoms with van der Waals surface area (Å²) in [6, 6.07) is 0. The Morgan fingerprint density at radius 2 is 2.29 bits per heavy atom. The highest BCUT2D eigenvalue weighted by Crippen LogP contribution is 2.15. The molecule has 0 radical (unpaired) electrons. The zero-order valence-corrected chi connectivity index (χ0v) is 9.48. The van der Waals surface area contributed by atoms with E-state index in [2.05, 4.69) is 9.50 Å². The van der Waals surface area contributed by atoms with Crippen molar-refractivity contribution >= 4 is 10.1 Å². The van der Waals surface area contributed by atoms with E-state index < -0.39 is 10.1 Å². The summed E-state index contributed by atoms with van der Waals surface area (Å²) in [5, 5.41) is 3.33. The lowest BCUT2D eigenvalue weighted by atomic mass is 9.95. The Kier molecular flexibility index (Phi) is 4.84. The van der Waals surface area contributed by atoms with Gasteiger partial charge >= 0.3 is 0 Å². The molecule has 0 aromatic carbocycles. The SMILES string of the molecule is CS(=O)(=O)OCCCC1CCCNC1. The first-order valence-electron chi connectivity index (χ1n) is 5.13. The lowest BCUT2D eigenvalue weighted by Gasteiger charge is -2.22. The van der Waals surface area contributed by atoms with Gasteiger partial charge in [0.25, 0.3) is 10.1 Å². The molecule has 1 unspecified atom stereocenters. The highest BCUT2D eigenvalue weighted by atomic mass is 32.2. The van der Waals surface area contributed by atoms with Crippen LogP contribution in [-0.4, -0.2) is 34.4 Å². The van der Waals surface area contributed by atoms with Gasteiger partial charge in [-0.1, -0.05) is 0 Å². The van der Waals surface area contributed by atoms with Crippen LogP contribution in [0, 0.1) is 5.92 Å². The minimum absolute atomic E-state index is 0.329. The van der Waals surface area contributed by atoms with E-state index in [0.717, 1.165) is 32.2 Å². The molecule has 0 spiro atoms. The smallest absolute Gasteiger partial charge is 0.264 e. The first kappa shape index (κ1) is 11.9. The fourth-order valence-corrected chi connectivity index (χ4v) is 2.17. The second kappa shape index (κ2) is 5.68. The van der Waals surface area contributed by atoms with Crippen molar-refractivity contribution in [1.82, 2.24) is 5.32 Å². The van der Waals surface area contributed by atoms with Gasteiger partial charge in [-0.15, -0.1) is 0 Å². The summed E-state index contributed by atoms with van der Waals surface area (Å²) >= 11 is 0. The summed E-state index contributed by atoms with van der Waals surface area (Å²) in [4.78, 5) is 0. The number of nitrogens with one attached hydrogen (secondary N) is 1. The maximum absolute atomic E-state index is 10.6. The highest BCUT2D eigenvalue weighted by molar-refractivity contribution is 7.85. The normalized spacial score (nSPS) is 23.6. The van der Waals surface area contributed by atoms with Crippen LogP contribution >= 0.6 is 0 Å². The van der Waals surface area contributed by atoms with E-state index in [1.54, 1.807) is 0 Å². The Hall–Kier alpha value is -0.130. The van der Waals surface area contributed by atoms with Gasteiger partial charge in [0.05, 0.1) is 12.9 Å². The van der Waals surface area contributed by atoms with E-state index in [9.17, 15) is 8.42 Å². The number of piperidine rings is 1. The predicted molar refractivity (Wildman–Crippen MR) is 55.6 cm³/mol. The minimum atomic E-state index is -3.24. The molecule has 4 nitrogen and oxygen atoms in total. The highest BCUT2D eigenvalue weighted by Gasteiger charge is 2.12. The number of hydrogen-bond acceptors (Lipinski definition) is 4. The van der Waals surface area contributed by atoms with Crippen molar-refractivity contribution in [1.29, 1.82) is 0 Å². The predicted octanol–water partition coefficient (Wildman–Crippen LogP) is 0.742. The van der Waals surface area contributed by atoms with Crippen LogP contribution in [0.5, 0.6) is 0 Å². The lowest BCUT2D eigenvalue weighted by molar-refractivity contribution is 0.280. The van der Waals surface area contributed by atoms with Crippen LogP contribution in [-0.2, 0) is 14.3 Å². The van der Waals surface area contributed by atoms with Crippen molar-refractivity contribution in [2.45, 2.75) is 25.7 Å². The van der Waals surface area contributed by atoms with Gasteiger partial charge in [-0.25, -0.2) is 0 Å². The molecule has 0 bridgehead atoms. The quantitative estimate of drug-likeness (QED) is 0.549. The summed E-state index contributed by atoms with van der Waals surface area (Å²) in [5.74, 6) is 0.701. The first-order chi connectivity index (χ1) is 6.58. The Labute approximate surface area is 86.2 Å². The molecule has 1 saturated heterocycles. The Morgan fingerprint density at radius 1 is 1.50 bits per heavy atom. The van der Waals surface area contributed by atoms with Gasteiger partial charge in [-0.2, -0.15) is 8.42 Å². The van der Waals surface area contributed by atoms with Crippen molar-refractivity contribution in [2.24, 2.45) is 5.92 Å². The molecule has 14 heavy (non-hydrogen) atoms. The van der Waals surface area contributed by atoms with Gasteiger partial charge in [-0.3, -0.25) is 4.18 Å². The largest absolute Gasteiger partial charge is 0.316 e. The molecule has 1 rings (SSSR count). The van der Waals surface area contributed by atoms with Crippen LogP contribution in [0.25, 0.3) is 0 Å². The average molecular weight is 221 g/mol. The van der Waals surface area contributed by atoms with E-state index in [1.165, 1.54) is 12.8 Å². The second-order valence-corrected chi connectivity index (χ2v) is 5.52. The van der Waals surface area contributed by atoms with E-state index in [-0.39, 0.29) is 0 Å². The van der Waals surface area contributed by atoms with Gasteiger partial charge in [0.2, 0.25) is 0 Å². The first-order valence-corrected chi connectivity index (χ1v) is 6.95. The van der Waals surface area contributed by atoms with E-state index >= 15 is 0 Å². The monoisotopic (exact) mass is 221 g/mol. The summed E-state index contributed by atoms with van der Waals surface area (Å²) in [7, 11) is -3.24. The van der Waals surface area contributed by atoms with Crippen LogP contribution in [0.1, 0.15) is 25.7 Å². The van der Waals surface area contributed by atoms with Gasteiger partial charge in [0, 0.05) is 0 Å². The maximum Gasteiger partial charge on any atom is 0.264 e. The topological polar surface area (TPSA) is 55.4 Å². The maximum atomic E-state index is 10.6. The molecule has 1 heterocycles. The Morgan fingerprint density at radius 3 is 2.86 bits per heavy atom. The summed E-state index contributed by atoms with van der Waals surface area (Å²) < 4.78 is 26.0. The van der Waals surface area contributed by atoms with Crippen molar-refractivity contribution < 1.29 is 12.6 Å². The third kappa shape index (κ3) is 5.57. The number of hydrogen-bond donors (Lipinski definition) is 1. The minimum Gasteiger partial charge on any atom is -0.316 e. The van der Waals surface area contributed by atoms with Crippen molar-refractivity contribution in [3.05, 3.63) is 0 Å². The molecule has 1 aliphatic heterocycles. The van der Waals surface area contributed by atoms with Gasteiger partial charge in [-0.05, 0) is 44.7 Å². The molecular weight excluding hydrogens is 202 g/mol. The molecule has 1 aliphatic rings. The fourth-order valence-electron chi connectivity index (χ4n) is 1.75. The molecule has 5 heteroatoms. The van der Waals surface area contributed by atoms with Crippen LogP contribution in [0.4, 0.5) is 0 Å². The Bertz CT molecular complexity index is 245. The van der Waals surface area contributed by atoms with Crippen molar-refractivity contribution in [3.63, 3.8) is 0 Å². The molecule has 84 valence electrons. The average Bonchev–Trinajstić information content (AvgIpc) is 2.13. The molecule has 0 aliphatic carbocycles. The third-order valence-electron chi connectivity index (χ3n) is 2.45. The molecule has 0 aromatic rings. The zero-order valence-electron chi connectivity index (χ0n) is 8.66. The van der Waals surface area contributed by atoms with Gasteiger partial charge in [0.15, 0.2) is 0 Å². The summed E-state index contributed by atoms with van der Waals surface area (Å²) in [5.41, 5.74) is 0. The number of rotatable bonds is 5. The molecule has 1 atom stereocenters. The van der Waals surface area contributed by atoms with Crippen LogP contribution in [0.15, 0.2) is 0 Å². The van der Waals surface area contributed by atoms with Crippen molar-refractivity contribution in [3.8, 4) is 0 Å². The van der Waals surface area contributed by atoms with E-state index in [1.807, 2.05) is 0 Å². The third-order valence-corrected chi connectivity index (χ3v) is 3.05.